The van der Waals surface area contributed by atoms with Crippen LogP contribution in [0.15, 0.2) is 0 Å². The summed E-state index contributed by atoms with van der Waals surface area (Å²) < 4.78 is 16.5. The molecular weight excluding hydrogens is 322 g/mol. The van der Waals surface area contributed by atoms with Crippen molar-refractivity contribution < 1.29 is 23.8 Å². The Morgan fingerprint density at radius 1 is 1.20 bits per heavy atom. The van der Waals surface area contributed by atoms with E-state index < -0.39 is 5.60 Å². The van der Waals surface area contributed by atoms with E-state index in [4.69, 9.17) is 14.2 Å². The van der Waals surface area contributed by atoms with E-state index in [0.717, 1.165) is 28.0 Å². The molecular formula is C19H27NO5. The van der Waals surface area contributed by atoms with Crippen LogP contribution in [0.3, 0.4) is 0 Å². The van der Waals surface area contributed by atoms with Gasteiger partial charge >= 0.3 is 5.97 Å². The van der Waals surface area contributed by atoms with Crippen molar-refractivity contribution in [1.82, 2.24) is 5.32 Å². The third kappa shape index (κ3) is 3.79. The lowest BCUT2D eigenvalue weighted by Crippen LogP contribution is -2.51. The van der Waals surface area contributed by atoms with Gasteiger partial charge in [-0.05, 0) is 50.8 Å². The van der Waals surface area contributed by atoms with Gasteiger partial charge in [0.1, 0.15) is 11.5 Å². The van der Waals surface area contributed by atoms with Crippen LogP contribution in [0.5, 0.6) is 11.5 Å². The van der Waals surface area contributed by atoms with Gasteiger partial charge in [-0.15, -0.1) is 0 Å². The first-order valence-electron chi connectivity index (χ1n) is 8.48. The summed E-state index contributed by atoms with van der Waals surface area (Å²) >= 11 is 0. The van der Waals surface area contributed by atoms with Gasteiger partial charge in [0, 0.05) is 32.6 Å². The zero-order valence-electron chi connectivity index (χ0n) is 15.9. The number of methoxy groups -OCH3 is 1. The van der Waals surface area contributed by atoms with E-state index in [1.54, 1.807) is 7.11 Å². The molecule has 1 atom stereocenters. The van der Waals surface area contributed by atoms with Crippen LogP contribution < -0.4 is 14.8 Å². The molecule has 1 N–H and O–H groups in total. The Kier molecular flexibility index (Phi) is 5.72. The predicted octanol–water partition coefficient (Wildman–Crippen LogP) is 2.38. The molecule has 0 saturated heterocycles. The van der Waals surface area contributed by atoms with Crippen molar-refractivity contribution >= 4 is 11.9 Å². The summed E-state index contributed by atoms with van der Waals surface area (Å²) in [5.74, 6) is 0.834. The number of carbonyl (C=O) groups excluding carboxylic acids is 2. The van der Waals surface area contributed by atoms with Crippen molar-refractivity contribution in [1.29, 1.82) is 0 Å². The standard InChI is InChI=1S/C19H27NO5/c1-11-12(2)17-15(13(3)16(11)24-14(4)21)7-8-19(5,25-17)18(22)20-9-10-23-6/h7-10H2,1-6H3,(H,20,22). The third-order valence-corrected chi connectivity index (χ3v) is 4.81. The van der Waals surface area contributed by atoms with Gasteiger partial charge < -0.3 is 19.5 Å². The molecule has 0 saturated carbocycles. The molecule has 138 valence electrons. The van der Waals surface area contributed by atoms with E-state index in [-0.39, 0.29) is 11.9 Å². The number of amides is 1. The second kappa shape index (κ2) is 7.44. The summed E-state index contributed by atoms with van der Waals surface area (Å²) in [5, 5.41) is 2.85. The molecule has 0 radical (unpaired) electrons. The predicted molar refractivity (Wildman–Crippen MR) is 94.2 cm³/mol. The molecule has 1 amide bonds. The second-order valence-corrected chi connectivity index (χ2v) is 6.69. The van der Waals surface area contributed by atoms with Crippen molar-refractivity contribution in [2.24, 2.45) is 0 Å². The van der Waals surface area contributed by atoms with Crippen LogP contribution in [0.1, 0.15) is 42.5 Å². The van der Waals surface area contributed by atoms with Gasteiger partial charge in [-0.1, -0.05) is 0 Å². The van der Waals surface area contributed by atoms with E-state index >= 15 is 0 Å². The Morgan fingerprint density at radius 3 is 2.48 bits per heavy atom. The molecule has 6 nitrogen and oxygen atoms in total. The second-order valence-electron chi connectivity index (χ2n) is 6.69. The monoisotopic (exact) mass is 349 g/mol. The van der Waals surface area contributed by atoms with Crippen LogP contribution in [0.4, 0.5) is 0 Å². The first-order chi connectivity index (χ1) is 11.7. The highest BCUT2D eigenvalue weighted by atomic mass is 16.5. The maximum Gasteiger partial charge on any atom is 0.308 e. The van der Waals surface area contributed by atoms with Crippen molar-refractivity contribution in [3.8, 4) is 11.5 Å². The maximum absolute atomic E-state index is 12.5. The summed E-state index contributed by atoms with van der Waals surface area (Å²) in [5.41, 5.74) is 2.73. The summed E-state index contributed by atoms with van der Waals surface area (Å²) in [4.78, 5) is 23.9. The molecule has 0 aliphatic carbocycles. The highest BCUT2D eigenvalue weighted by molar-refractivity contribution is 5.86. The fraction of sp³-hybridized carbons (Fsp3) is 0.579. The lowest BCUT2D eigenvalue weighted by Gasteiger charge is -2.36. The minimum atomic E-state index is -0.923. The minimum absolute atomic E-state index is 0.144. The fourth-order valence-electron chi connectivity index (χ4n) is 3.14. The van der Waals surface area contributed by atoms with Crippen LogP contribution in [-0.2, 0) is 20.7 Å². The number of esters is 1. The van der Waals surface area contributed by atoms with Gasteiger partial charge in [-0.2, -0.15) is 0 Å². The quantitative estimate of drug-likeness (QED) is 0.502. The summed E-state index contributed by atoms with van der Waals surface area (Å²) in [6, 6.07) is 0. The van der Waals surface area contributed by atoms with Gasteiger partial charge in [0.2, 0.25) is 0 Å². The van der Waals surface area contributed by atoms with Gasteiger partial charge in [0.15, 0.2) is 5.60 Å². The van der Waals surface area contributed by atoms with Gasteiger partial charge in [0.05, 0.1) is 6.61 Å². The molecule has 1 unspecified atom stereocenters. The van der Waals surface area contributed by atoms with Gasteiger partial charge in [0.25, 0.3) is 5.91 Å². The molecule has 1 aromatic rings. The van der Waals surface area contributed by atoms with Crippen LogP contribution >= 0.6 is 0 Å². The fourth-order valence-corrected chi connectivity index (χ4v) is 3.14. The van der Waals surface area contributed by atoms with Gasteiger partial charge in [-0.3, -0.25) is 9.59 Å². The Balaban J connectivity index is 2.35. The molecule has 0 bridgehead atoms. The third-order valence-electron chi connectivity index (χ3n) is 4.81. The first-order valence-corrected chi connectivity index (χ1v) is 8.48. The van der Waals surface area contributed by atoms with E-state index in [1.165, 1.54) is 6.92 Å². The SMILES string of the molecule is COCCNC(=O)C1(C)CCc2c(C)c(OC(C)=O)c(C)c(C)c2O1. The number of ether oxygens (including phenoxy) is 3. The maximum atomic E-state index is 12.5. The van der Waals surface area contributed by atoms with Gasteiger partial charge in [-0.25, -0.2) is 0 Å². The molecule has 1 heterocycles. The summed E-state index contributed by atoms with van der Waals surface area (Å²) in [6.45, 7) is 9.86. The molecule has 1 aliphatic heterocycles. The minimum Gasteiger partial charge on any atom is -0.477 e. The Bertz CT molecular complexity index is 698. The number of hydrogen-bond donors (Lipinski definition) is 1. The topological polar surface area (TPSA) is 73.9 Å². The molecule has 1 aromatic carbocycles. The van der Waals surface area contributed by atoms with Crippen LogP contribution in [0.25, 0.3) is 0 Å². The lowest BCUT2D eigenvalue weighted by molar-refractivity contribution is -0.137. The average Bonchev–Trinajstić information content (AvgIpc) is 2.56. The zero-order valence-corrected chi connectivity index (χ0v) is 15.9. The molecule has 25 heavy (non-hydrogen) atoms. The number of benzene rings is 1. The largest absolute Gasteiger partial charge is 0.477 e. The van der Waals surface area contributed by atoms with Crippen molar-refractivity contribution in [2.45, 2.75) is 53.1 Å². The van der Waals surface area contributed by atoms with Crippen molar-refractivity contribution in [3.63, 3.8) is 0 Å². The molecule has 2 rings (SSSR count). The number of fused-ring (bicyclic) bond motifs is 1. The molecule has 0 aromatic heterocycles. The molecule has 0 spiro atoms. The van der Waals surface area contributed by atoms with E-state index in [9.17, 15) is 9.59 Å². The van der Waals surface area contributed by atoms with Crippen LogP contribution in [0.2, 0.25) is 0 Å². The smallest absolute Gasteiger partial charge is 0.308 e. The number of rotatable bonds is 5. The Labute approximate surface area is 148 Å². The summed E-state index contributed by atoms with van der Waals surface area (Å²) in [7, 11) is 1.59. The van der Waals surface area contributed by atoms with E-state index in [2.05, 4.69) is 5.32 Å². The first kappa shape index (κ1) is 19.2. The summed E-state index contributed by atoms with van der Waals surface area (Å²) in [6.07, 6.45) is 1.24. The number of hydrogen-bond acceptors (Lipinski definition) is 5. The Hall–Kier alpha value is -2.08. The molecule has 6 heteroatoms. The van der Waals surface area contributed by atoms with Crippen LogP contribution in [-0.4, -0.2) is 37.7 Å². The number of nitrogens with one attached hydrogen (secondary N) is 1. The van der Waals surface area contributed by atoms with Crippen molar-refractivity contribution in [3.05, 3.63) is 22.3 Å². The highest BCUT2D eigenvalue weighted by Crippen LogP contribution is 2.43. The highest BCUT2D eigenvalue weighted by Gasteiger charge is 2.40. The van der Waals surface area contributed by atoms with Crippen LogP contribution in [0, 0.1) is 20.8 Å². The molecule has 1 aliphatic rings. The normalized spacial score (nSPS) is 19.0. The average molecular weight is 349 g/mol. The Morgan fingerprint density at radius 2 is 1.88 bits per heavy atom. The van der Waals surface area contributed by atoms with E-state index in [1.807, 2.05) is 27.7 Å². The number of carbonyl (C=O) groups is 2. The molecule has 0 fully saturated rings. The zero-order chi connectivity index (χ0) is 18.8. The van der Waals surface area contributed by atoms with Crippen molar-refractivity contribution in [2.75, 3.05) is 20.3 Å². The van der Waals surface area contributed by atoms with E-state index in [0.29, 0.717) is 31.7 Å². The lowest BCUT2D eigenvalue weighted by atomic mass is 9.86.